The van der Waals surface area contributed by atoms with Crippen molar-refractivity contribution < 1.29 is 0 Å². The van der Waals surface area contributed by atoms with E-state index >= 15 is 0 Å². The molecular weight excluding hydrogens is 250 g/mol. The molecule has 1 aromatic heterocycles. The maximum atomic E-state index is 5.51. The monoisotopic (exact) mass is 277 g/mol. The van der Waals surface area contributed by atoms with Crippen LogP contribution in [0.3, 0.4) is 0 Å². The molecular formula is C15H27N5. The van der Waals surface area contributed by atoms with Crippen molar-refractivity contribution in [3.63, 3.8) is 0 Å². The zero-order valence-electron chi connectivity index (χ0n) is 12.9. The summed E-state index contributed by atoms with van der Waals surface area (Å²) in [5.74, 6) is 9.09. The first-order valence-electron chi connectivity index (χ1n) is 7.67. The molecule has 1 aliphatic rings. The molecule has 1 heterocycles. The summed E-state index contributed by atoms with van der Waals surface area (Å²) in [6, 6.07) is 1.93. The minimum absolute atomic E-state index is 0.296. The molecule has 0 bridgehead atoms. The number of nitrogens with two attached hydrogens (primary N) is 1. The molecule has 0 aromatic carbocycles. The third-order valence-corrected chi connectivity index (χ3v) is 4.04. The standard InChI is InChI=1S/C15H27N5/c1-11(2)15-17-13(19-16)9-14(18-15)20(3)10-12-7-5-4-6-8-12/h9,11-12H,4-8,10,16H2,1-3H3,(H,17,18,19). The van der Waals surface area contributed by atoms with Crippen LogP contribution in [0.25, 0.3) is 0 Å². The molecule has 0 saturated heterocycles. The normalized spacial score (nSPS) is 16.4. The van der Waals surface area contributed by atoms with E-state index in [0.29, 0.717) is 11.7 Å². The van der Waals surface area contributed by atoms with E-state index in [9.17, 15) is 0 Å². The predicted octanol–water partition coefficient (Wildman–Crippen LogP) is 2.90. The first kappa shape index (κ1) is 15.0. The molecule has 5 nitrogen and oxygen atoms in total. The highest BCUT2D eigenvalue weighted by Gasteiger charge is 2.17. The predicted molar refractivity (Wildman–Crippen MR) is 83.8 cm³/mol. The van der Waals surface area contributed by atoms with Crippen LogP contribution in [0.2, 0.25) is 0 Å². The van der Waals surface area contributed by atoms with Gasteiger partial charge in [-0.25, -0.2) is 15.8 Å². The molecule has 3 N–H and O–H groups in total. The minimum Gasteiger partial charge on any atom is -0.359 e. The number of aromatic nitrogens is 2. The molecule has 2 rings (SSSR count). The van der Waals surface area contributed by atoms with Crippen molar-refractivity contribution in [2.24, 2.45) is 11.8 Å². The zero-order valence-corrected chi connectivity index (χ0v) is 12.9. The fourth-order valence-electron chi connectivity index (χ4n) is 2.83. The number of nitrogens with one attached hydrogen (secondary N) is 1. The Hall–Kier alpha value is -1.36. The van der Waals surface area contributed by atoms with E-state index in [0.717, 1.165) is 24.1 Å². The Morgan fingerprint density at radius 3 is 2.60 bits per heavy atom. The van der Waals surface area contributed by atoms with E-state index in [4.69, 9.17) is 5.84 Å². The maximum absolute atomic E-state index is 5.51. The summed E-state index contributed by atoms with van der Waals surface area (Å²) in [5, 5.41) is 0. The van der Waals surface area contributed by atoms with Crippen molar-refractivity contribution in [3.05, 3.63) is 11.9 Å². The second kappa shape index (κ2) is 6.88. The van der Waals surface area contributed by atoms with Crippen molar-refractivity contribution in [2.75, 3.05) is 23.9 Å². The average molecular weight is 277 g/mol. The average Bonchev–Trinajstić information content (AvgIpc) is 2.47. The largest absolute Gasteiger partial charge is 0.359 e. The van der Waals surface area contributed by atoms with E-state index in [2.05, 4.69) is 41.2 Å². The third-order valence-electron chi connectivity index (χ3n) is 4.04. The number of nitrogens with zero attached hydrogens (tertiary/aromatic N) is 3. The van der Waals surface area contributed by atoms with E-state index in [-0.39, 0.29) is 0 Å². The van der Waals surface area contributed by atoms with Gasteiger partial charge in [0.15, 0.2) is 0 Å². The highest BCUT2D eigenvalue weighted by atomic mass is 15.3. The molecule has 0 amide bonds. The first-order chi connectivity index (χ1) is 9.60. The topological polar surface area (TPSA) is 67.1 Å². The summed E-state index contributed by atoms with van der Waals surface area (Å²) < 4.78 is 0. The Kier molecular flexibility index (Phi) is 5.17. The van der Waals surface area contributed by atoms with E-state index in [1.807, 2.05) is 6.07 Å². The fourth-order valence-corrected chi connectivity index (χ4v) is 2.83. The van der Waals surface area contributed by atoms with Crippen LogP contribution in [-0.2, 0) is 0 Å². The van der Waals surface area contributed by atoms with Gasteiger partial charge in [-0.05, 0) is 18.8 Å². The summed E-state index contributed by atoms with van der Waals surface area (Å²) in [6.07, 6.45) is 6.82. The van der Waals surface area contributed by atoms with Crippen LogP contribution >= 0.6 is 0 Å². The third kappa shape index (κ3) is 3.82. The van der Waals surface area contributed by atoms with Gasteiger partial charge in [0.1, 0.15) is 17.5 Å². The molecule has 0 spiro atoms. The molecule has 1 aliphatic carbocycles. The van der Waals surface area contributed by atoms with Gasteiger partial charge in [0.2, 0.25) is 0 Å². The fraction of sp³-hybridized carbons (Fsp3) is 0.733. The molecule has 0 atom stereocenters. The Bertz CT molecular complexity index is 426. The summed E-state index contributed by atoms with van der Waals surface area (Å²) in [7, 11) is 2.11. The van der Waals surface area contributed by atoms with Crippen LogP contribution in [0.5, 0.6) is 0 Å². The number of hydrogen-bond acceptors (Lipinski definition) is 5. The quantitative estimate of drug-likeness (QED) is 0.640. The number of hydrazine groups is 1. The summed E-state index contributed by atoms with van der Waals surface area (Å²) >= 11 is 0. The zero-order chi connectivity index (χ0) is 14.5. The smallest absolute Gasteiger partial charge is 0.145 e. The molecule has 20 heavy (non-hydrogen) atoms. The van der Waals surface area contributed by atoms with Gasteiger partial charge in [-0.3, -0.25) is 0 Å². The first-order valence-corrected chi connectivity index (χ1v) is 7.67. The molecule has 5 heteroatoms. The Morgan fingerprint density at radius 2 is 2.00 bits per heavy atom. The molecule has 0 radical (unpaired) electrons. The van der Waals surface area contributed by atoms with E-state index in [1.54, 1.807) is 0 Å². The van der Waals surface area contributed by atoms with Crippen molar-refractivity contribution >= 4 is 11.6 Å². The molecule has 0 aliphatic heterocycles. The lowest BCUT2D eigenvalue weighted by atomic mass is 9.89. The lowest BCUT2D eigenvalue weighted by Crippen LogP contribution is -2.28. The Labute approximate surface area is 121 Å². The van der Waals surface area contributed by atoms with Crippen LogP contribution in [0.15, 0.2) is 6.07 Å². The molecule has 112 valence electrons. The van der Waals surface area contributed by atoms with E-state index < -0.39 is 0 Å². The summed E-state index contributed by atoms with van der Waals surface area (Å²) in [6.45, 7) is 5.26. The van der Waals surface area contributed by atoms with Crippen LogP contribution in [0, 0.1) is 5.92 Å². The summed E-state index contributed by atoms with van der Waals surface area (Å²) in [4.78, 5) is 11.3. The van der Waals surface area contributed by atoms with E-state index in [1.165, 1.54) is 32.1 Å². The molecule has 0 unspecified atom stereocenters. The van der Waals surface area contributed by atoms with Gasteiger partial charge in [0, 0.05) is 25.6 Å². The SMILES string of the molecule is CC(C)c1nc(NN)cc(N(C)CC2CCCCC2)n1. The lowest BCUT2D eigenvalue weighted by molar-refractivity contribution is 0.361. The minimum atomic E-state index is 0.296. The van der Waals surface area contributed by atoms with Gasteiger partial charge in [-0.1, -0.05) is 33.1 Å². The van der Waals surface area contributed by atoms with Gasteiger partial charge in [0.25, 0.3) is 0 Å². The Balaban J connectivity index is 2.11. The van der Waals surface area contributed by atoms with Crippen molar-refractivity contribution in [1.29, 1.82) is 0 Å². The van der Waals surface area contributed by atoms with Crippen molar-refractivity contribution in [2.45, 2.75) is 51.9 Å². The molecule has 1 saturated carbocycles. The van der Waals surface area contributed by atoms with Gasteiger partial charge in [-0.2, -0.15) is 0 Å². The van der Waals surface area contributed by atoms with Gasteiger partial charge >= 0.3 is 0 Å². The lowest BCUT2D eigenvalue weighted by Gasteiger charge is -2.28. The summed E-state index contributed by atoms with van der Waals surface area (Å²) in [5.41, 5.74) is 2.64. The maximum Gasteiger partial charge on any atom is 0.145 e. The highest BCUT2D eigenvalue weighted by Crippen LogP contribution is 2.26. The number of hydrogen-bond donors (Lipinski definition) is 2. The van der Waals surface area contributed by atoms with Crippen LogP contribution < -0.4 is 16.2 Å². The molecule has 1 aromatic rings. The second-order valence-corrected chi connectivity index (χ2v) is 6.15. The van der Waals surface area contributed by atoms with Crippen LogP contribution in [0.1, 0.15) is 57.7 Å². The van der Waals surface area contributed by atoms with Crippen molar-refractivity contribution in [1.82, 2.24) is 9.97 Å². The molecule has 1 fully saturated rings. The highest BCUT2D eigenvalue weighted by molar-refractivity contribution is 5.48. The van der Waals surface area contributed by atoms with Crippen LogP contribution in [0.4, 0.5) is 11.6 Å². The number of nitrogen functional groups attached to an aromatic ring is 1. The Morgan fingerprint density at radius 1 is 1.30 bits per heavy atom. The van der Waals surface area contributed by atoms with Gasteiger partial charge < -0.3 is 10.3 Å². The second-order valence-electron chi connectivity index (χ2n) is 6.15. The van der Waals surface area contributed by atoms with Gasteiger partial charge in [-0.15, -0.1) is 0 Å². The number of rotatable bonds is 5. The number of anilines is 2. The van der Waals surface area contributed by atoms with Gasteiger partial charge in [0.05, 0.1) is 0 Å². The van der Waals surface area contributed by atoms with Crippen LogP contribution in [-0.4, -0.2) is 23.6 Å². The van der Waals surface area contributed by atoms with Crippen molar-refractivity contribution in [3.8, 4) is 0 Å².